The first-order chi connectivity index (χ1) is 7.63. The third-order valence-corrected chi connectivity index (χ3v) is 3.23. The molecule has 0 atom stereocenters. The maximum atomic E-state index is 3.63. The summed E-state index contributed by atoms with van der Waals surface area (Å²) in [6.07, 6.45) is 3.53. The van der Waals surface area contributed by atoms with Crippen LogP contribution in [0.5, 0.6) is 0 Å². The molecule has 0 aromatic heterocycles. The highest BCUT2D eigenvalue weighted by Gasteiger charge is 2.39. The van der Waals surface area contributed by atoms with Gasteiger partial charge in [-0.25, -0.2) is 0 Å². The molecule has 1 fully saturated rings. The third kappa shape index (κ3) is 2.46. The Balaban J connectivity index is 2.37. The molecule has 0 heteroatoms. The molecule has 1 aromatic carbocycles. The highest BCUT2D eigenvalue weighted by Crippen LogP contribution is 2.50. The zero-order chi connectivity index (χ0) is 11.6. The van der Waals surface area contributed by atoms with Crippen molar-refractivity contribution in [3.8, 4) is 0 Å². The lowest BCUT2D eigenvalue weighted by atomic mass is 10.0. The molecule has 0 amide bonds. The summed E-state index contributed by atoms with van der Waals surface area (Å²) < 4.78 is 0. The first-order valence-electron chi connectivity index (χ1n) is 6.18. The Labute approximate surface area is 98.7 Å². The molecule has 0 bridgehead atoms. The van der Waals surface area contributed by atoms with Crippen LogP contribution in [0.2, 0.25) is 0 Å². The Morgan fingerprint density at radius 3 is 2.38 bits per heavy atom. The second-order valence-electron chi connectivity index (χ2n) is 5.26. The molecule has 1 aliphatic carbocycles. The van der Waals surface area contributed by atoms with E-state index < -0.39 is 0 Å². The molecule has 0 unspecified atom stereocenters. The Hall–Kier alpha value is -1.26. The van der Waals surface area contributed by atoms with Crippen LogP contribution in [0.4, 0.5) is 0 Å². The van der Waals surface area contributed by atoms with Crippen molar-refractivity contribution in [2.75, 3.05) is 0 Å². The molecule has 0 heterocycles. The molecule has 16 heavy (non-hydrogen) atoms. The number of benzene rings is 1. The topological polar surface area (TPSA) is 0 Å². The van der Waals surface area contributed by atoms with Crippen LogP contribution in [0.25, 0.3) is 5.57 Å². The molecule has 1 aromatic rings. The lowest BCUT2D eigenvalue weighted by Gasteiger charge is -2.02. The molecule has 84 valence electrons. The zero-order valence-electron chi connectivity index (χ0n) is 10.5. The fourth-order valence-electron chi connectivity index (χ4n) is 1.96. The average molecular weight is 212 g/mol. The summed E-state index contributed by atoms with van der Waals surface area (Å²) in [6.45, 7) is 6.82. The third-order valence-electron chi connectivity index (χ3n) is 3.23. The van der Waals surface area contributed by atoms with E-state index in [1.165, 1.54) is 29.6 Å². The van der Waals surface area contributed by atoms with Crippen LogP contribution in [0.15, 0.2) is 41.6 Å². The average Bonchev–Trinajstić information content (AvgIpc) is 2.87. The van der Waals surface area contributed by atoms with E-state index >= 15 is 0 Å². The molecule has 1 saturated carbocycles. The van der Waals surface area contributed by atoms with Gasteiger partial charge in [-0.05, 0) is 29.4 Å². The normalized spacial score (nSPS) is 16.8. The van der Waals surface area contributed by atoms with Gasteiger partial charge < -0.3 is 0 Å². The monoisotopic (exact) mass is 212 g/mol. The molecular weight excluding hydrogens is 192 g/mol. The summed E-state index contributed by atoms with van der Waals surface area (Å²) in [5, 5.41) is 0. The van der Waals surface area contributed by atoms with Gasteiger partial charge in [-0.15, -0.1) is 5.73 Å². The second-order valence-corrected chi connectivity index (χ2v) is 5.26. The van der Waals surface area contributed by atoms with Crippen molar-refractivity contribution < 1.29 is 0 Å². The lowest BCUT2D eigenvalue weighted by Crippen LogP contribution is -1.83. The zero-order valence-corrected chi connectivity index (χ0v) is 10.5. The quantitative estimate of drug-likeness (QED) is 0.630. The van der Waals surface area contributed by atoms with Crippen molar-refractivity contribution in [2.24, 2.45) is 5.41 Å². The molecule has 0 N–H and O–H groups in total. The van der Waals surface area contributed by atoms with Crippen LogP contribution in [-0.4, -0.2) is 0 Å². The van der Waals surface area contributed by atoms with Crippen LogP contribution in [-0.2, 0) is 0 Å². The fraction of sp³-hybridized carbons (Fsp3) is 0.438. The molecular formula is C16H20. The van der Waals surface area contributed by atoms with E-state index in [9.17, 15) is 0 Å². The van der Waals surface area contributed by atoms with E-state index in [-0.39, 0.29) is 0 Å². The van der Waals surface area contributed by atoms with Gasteiger partial charge in [0.05, 0.1) is 0 Å². The highest BCUT2D eigenvalue weighted by atomic mass is 14.4. The predicted octanol–water partition coefficient (Wildman–Crippen LogP) is 4.83. The Bertz CT molecular complexity index is 428. The summed E-state index contributed by atoms with van der Waals surface area (Å²) in [7, 11) is 0. The summed E-state index contributed by atoms with van der Waals surface area (Å²) >= 11 is 0. The van der Waals surface area contributed by atoms with Crippen LogP contribution in [0.3, 0.4) is 0 Å². The summed E-state index contributed by atoms with van der Waals surface area (Å²) in [5.74, 6) is 0. The molecule has 0 saturated heterocycles. The summed E-state index contributed by atoms with van der Waals surface area (Å²) in [6, 6.07) is 10.7. The first kappa shape index (κ1) is 11.2. The van der Waals surface area contributed by atoms with Gasteiger partial charge in [-0.1, -0.05) is 57.5 Å². The van der Waals surface area contributed by atoms with Crippen LogP contribution >= 0.6 is 0 Å². The fourth-order valence-corrected chi connectivity index (χ4v) is 1.96. The molecule has 2 rings (SSSR count). The highest BCUT2D eigenvalue weighted by molar-refractivity contribution is 5.66. The van der Waals surface area contributed by atoms with E-state index in [2.05, 4.69) is 56.8 Å². The van der Waals surface area contributed by atoms with Gasteiger partial charge >= 0.3 is 0 Å². The Morgan fingerprint density at radius 2 is 1.88 bits per heavy atom. The molecule has 0 aliphatic heterocycles. The predicted molar refractivity (Wildman–Crippen MR) is 70.2 cm³/mol. The molecule has 0 radical (unpaired) electrons. The number of rotatable bonds is 3. The van der Waals surface area contributed by atoms with Crippen molar-refractivity contribution >= 4 is 5.57 Å². The van der Waals surface area contributed by atoms with Crippen LogP contribution < -0.4 is 0 Å². The van der Waals surface area contributed by atoms with Gasteiger partial charge in [0.15, 0.2) is 0 Å². The van der Waals surface area contributed by atoms with Gasteiger partial charge in [-0.2, -0.15) is 0 Å². The number of hydrogen-bond acceptors (Lipinski definition) is 0. The SMILES string of the molecule is CCCC(=C=C1CC1(C)C)c1ccccc1. The van der Waals surface area contributed by atoms with E-state index in [1.54, 1.807) is 0 Å². The maximum absolute atomic E-state index is 3.63. The Kier molecular flexibility index (Phi) is 3.03. The van der Waals surface area contributed by atoms with Gasteiger partial charge in [0.2, 0.25) is 0 Å². The summed E-state index contributed by atoms with van der Waals surface area (Å²) in [5.41, 5.74) is 8.24. The van der Waals surface area contributed by atoms with Crippen molar-refractivity contribution in [1.29, 1.82) is 0 Å². The first-order valence-corrected chi connectivity index (χ1v) is 6.18. The molecule has 1 aliphatic rings. The Morgan fingerprint density at radius 1 is 1.25 bits per heavy atom. The minimum Gasteiger partial charge on any atom is -0.117 e. The van der Waals surface area contributed by atoms with Gasteiger partial charge in [0, 0.05) is 5.57 Å². The van der Waals surface area contributed by atoms with Crippen LogP contribution in [0.1, 0.15) is 45.6 Å². The van der Waals surface area contributed by atoms with Crippen LogP contribution in [0, 0.1) is 5.41 Å². The number of hydrogen-bond donors (Lipinski definition) is 0. The van der Waals surface area contributed by atoms with E-state index in [0.29, 0.717) is 5.41 Å². The minimum absolute atomic E-state index is 0.410. The smallest absolute Gasteiger partial charge is 0.00117 e. The standard InChI is InChI=1S/C16H20/c1-4-8-14(11-15-12-16(15,2)3)13-9-6-5-7-10-13/h5-7,9-10H,4,8,12H2,1-3H3. The van der Waals surface area contributed by atoms with Crippen molar-refractivity contribution in [3.05, 3.63) is 47.2 Å². The van der Waals surface area contributed by atoms with Gasteiger partial charge in [0.1, 0.15) is 0 Å². The second kappa shape index (κ2) is 4.31. The van der Waals surface area contributed by atoms with E-state index in [1.807, 2.05) is 0 Å². The summed E-state index contributed by atoms with van der Waals surface area (Å²) in [4.78, 5) is 0. The molecule has 0 nitrogen and oxygen atoms in total. The van der Waals surface area contributed by atoms with Crippen molar-refractivity contribution in [1.82, 2.24) is 0 Å². The number of allylic oxidation sites excluding steroid dienone is 1. The lowest BCUT2D eigenvalue weighted by molar-refractivity contribution is 0.686. The molecule has 0 spiro atoms. The van der Waals surface area contributed by atoms with Gasteiger partial charge in [-0.3, -0.25) is 0 Å². The maximum Gasteiger partial charge on any atom is 0.00117 e. The van der Waals surface area contributed by atoms with Gasteiger partial charge in [0.25, 0.3) is 0 Å². The largest absolute Gasteiger partial charge is 0.117 e. The van der Waals surface area contributed by atoms with E-state index in [0.717, 1.165) is 6.42 Å². The van der Waals surface area contributed by atoms with E-state index in [4.69, 9.17) is 0 Å². The minimum atomic E-state index is 0.410. The van der Waals surface area contributed by atoms with Crippen molar-refractivity contribution in [3.63, 3.8) is 0 Å². The van der Waals surface area contributed by atoms with Crippen molar-refractivity contribution in [2.45, 2.75) is 40.0 Å².